The van der Waals surface area contributed by atoms with Crippen molar-refractivity contribution in [1.29, 1.82) is 0 Å². The molecule has 0 saturated heterocycles. The number of anilines is 3. The lowest BCUT2D eigenvalue weighted by Crippen LogP contribution is -2.28. The molecule has 0 unspecified atom stereocenters. The number of fused-ring (bicyclic) bond motifs is 1. The highest BCUT2D eigenvalue weighted by Gasteiger charge is 2.36. The molecule has 0 saturated carbocycles. The number of hydrogen-bond acceptors (Lipinski definition) is 4. The first kappa shape index (κ1) is 40.6. The maximum atomic E-state index is 16.4. The van der Waals surface area contributed by atoms with Gasteiger partial charge < -0.3 is 18.8 Å². The molecule has 10 rings (SSSR count). The molecule has 0 bridgehead atoms. The lowest BCUT2D eigenvalue weighted by molar-refractivity contribution is 0.489. The summed E-state index contributed by atoms with van der Waals surface area (Å²) in [5, 5.41) is 6.17. The van der Waals surface area contributed by atoms with Crippen LogP contribution in [0.2, 0.25) is 0 Å². The molecule has 0 aliphatic carbocycles. The highest BCUT2D eigenvalue weighted by Crippen LogP contribution is 2.49. The van der Waals surface area contributed by atoms with Gasteiger partial charge in [-0.25, -0.2) is 0 Å². The number of hydrogen-bond donors (Lipinski definition) is 0. The van der Waals surface area contributed by atoms with Crippen molar-refractivity contribution in [3.63, 3.8) is 0 Å². The van der Waals surface area contributed by atoms with Gasteiger partial charge in [0.2, 0.25) is 0 Å². The van der Waals surface area contributed by atoms with Crippen LogP contribution in [0.1, 0.15) is 0 Å². The van der Waals surface area contributed by atoms with Gasteiger partial charge in [-0.2, -0.15) is 0 Å². The van der Waals surface area contributed by atoms with Crippen molar-refractivity contribution in [2.75, 3.05) is 4.90 Å². The fourth-order valence-corrected chi connectivity index (χ4v) is 14.1. The van der Waals surface area contributed by atoms with E-state index < -0.39 is 14.3 Å². The molecule has 64 heavy (non-hydrogen) atoms. The van der Waals surface area contributed by atoms with Gasteiger partial charge in [0.05, 0.1) is 16.3 Å². The summed E-state index contributed by atoms with van der Waals surface area (Å²) in [6.45, 7) is 0. The van der Waals surface area contributed by atoms with Gasteiger partial charge in [-0.1, -0.05) is 206 Å². The SMILES string of the molecule is O=P(c1ccccc1)(c1ccccc1)c1ccccc1Oc1ccc(-c2ccc(N(c3ccccc3)c3cccc4ccccc34)cc2)cc1P(=O)(c1ccccc1)c1ccccc1. The Hall–Kier alpha value is -7.48. The van der Waals surface area contributed by atoms with Crippen LogP contribution in [0.4, 0.5) is 17.1 Å². The highest BCUT2D eigenvalue weighted by atomic mass is 31.2. The lowest BCUT2D eigenvalue weighted by atomic mass is 10.0. The molecule has 4 nitrogen and oxygen atoms in total. The summed E-state index contributed by atoms with van der Waals surface area (Å²) in [6.07, 6.45) is 0. The van der Waals surface area contributed by atoms with Gasteiger partial charge in [0, 0.05) is 38.0 Å². The van der Waals surface area contributed by atoms with Crippen molar-refractivity contribution >= 4 is 73.9 Å². The van der Waals surface area contributed by atoms with E-state index in [1.165, 1.54) is 5.39 Å². The number of para-hydroxylation sites is 2. The van der Waals surface area contributed by atoms with Gasteiger partial charge in [-0.15, -0.1) is 0 Å². The van der Waals surface area contributed by atoms with Crippen LogP contribution in [0.5, 0.6) is 11.5 Å². The summed E-state index contributed by atoms with van der Waals surface area (Å²) in [4.78, 5) is 2.29. The zero-order valence-corrected chi connectivity index (χ0v) is 36.7. The fourth-order valence-electron chi connectivity index (χ4n) is 8.57. The molecular weight excluding hydrogens is 821 g/mol. The van der Waals surface area contributed by atoms with Crippen LogP contribution in [0.15, 0.2) is 261 Å². The topological polar surface area (TPSA) is 46.6 Å². The number of nitrogens with zero attached hydrogens (tertiary/aromatic N) is 1. The van der Waals surface area contributed by atoms with Gasteiger partial charge in [0.15, 0.2) is 14.3 Å². The van der Waals surface area contributed by atoms with E-state index in [-0.39, 0.29) is 0 Å². The molecular formula is C58H43NO3P2. The molecule has 0 amide bonds. The largest absolute Gasteiger partial charge is 0.456 e. The average molecular weight is 864 g/mol. The summed E-state index contributed by atoms with van der Waals surface area (Å²) >= 11 is 0. The molecule has 0 fully saturated rings. The smallest absolute Gasteiger partial charge is 0.174 e. The third-order valence-corrected chi connectivity index (χ3v) is 17.9. The third kappa shape index (κ3) is 7.58. The summed E-state index contributed by atoms with van der Waals surface area (Å²) in [7, 11) is -7.05. The van der Waals surface area contributed by atoms with E-state index in [1.807, 2.05) is 170 Å². The van der Waals surface area contributed by atoms with E-state index in [0.29, 0.717) is 43.3 Å². The van der Waals surface area contributed by atoms with Gasteiger partial charge in [0.25, 0.3) is 0 Å². The molecule has 10 aromatic rings. The Kier molecular flexibility index (Phi) is 11.2. The van der Waals surface area contributed by atoms with Crippen molar-refractivity contribution in [3.05, 3.63) is 261 Å². The van der Waals surface area contributed by atoms with E-state index in [2.05, 4.69) is 95.9 Å². The van der Waals surface area contributed by atoms with Crippen molar-refractivity contribution in [2.45, 2.75) is 0 Å². The summed E-state index contributed by atoms with van der Waals surface area (Å²) in [6, 6.07) is 85.7. The van der Waals surface area contributed by atoms with Crippen LogP contribution in [-0.2, 0) is 9.13 Å². The van der Waals surface area contributed by atoms with E-state index in [1.54, 1.807) is 0 Å². The second-order valence-electron chi connectivity index (χ2n) is 15.5. The van der Waals surface area contributed by atoms with Crippen LogP contribution in [0.3, 0.4) is 0 Å². The minimum Gasteiger partial charge on any atom is -0.456 e. The van der Waals surface area contributed by atoms with E-state index in [4.69, 9.17) is 4.74 Å². The molecule has 6 heteroatoms. The Morgan fingerprint density at radius 3 is 1.33 bits per heavy atom. The molecule has 10 aromatic carbocycles. The fraction of sp³-hybridized carbons (Fsp3) is 0. The van der Waals surface area contributed by atoms with Crippen molar-refractivity contribution < 1.29 is 13.9 Å². The van der Waals surface area contributed by atoms with Crippen molar-refractivity contribution in [3.8, 4) is 22.6 Å². The molecule has 0 radical (unpaired) electrons. The summed E-state index contributed by atoms with van der Waals surface area (Å²) < 4.78 is 39.2. The Bertz CT molecular complexity index is 3200. The van der Waals surface area contributed by atoms with Crippen LogP contribution < -0.4 is 41.5 Å². The second kappa shape index (κ2) is 17.7. The Balaban J connectivity index is 1.13. The first-order valence-electron chi connectivity index (χ1n) is 21.3. The molecule has 0 aliphatic rings. The summed E-state index contributed by atoms with van der Waals surface area (Å²) in [5.41, 5.74) is 4.96. The van der Waals surface area contributed by atoms with E-state index in [0.717, 1.165) is 33.6 Å². The minimum absolute atomic E-state index is 0.419. The Morgan fingerprint density at radius 1 is 0.328 bits per heavy atom. The first-order valence-corrected chi connectivity index (χ1v) is 24.7. The first-order chi connectivity index (χ1) is 31.5. The number of benzene rings is 10. The van der Waals surface area contributed by atoms with Gasteiger partial charge in [0.1, 0.15) is 11.5 Å². The molecule has 0 heterocycles. The second-order valence-corrected chi connectivity index (χ2v) is 21.0. The molecule has 0 N–H and O–H groups in total. The van der Waals surface area contributed by atoms with Crippen LogP contribution >= 0.6 is 14.3 Å². The Labute approximate surface area is 374 Å². The van der Waals surface area contributed by atoms with Crippen molar-refractivity contribution in [2.24, 2.45) is 0 Å². The van der Waals surface area contributed by atoms with Gasteiger partial charge in [-0.05, 0) is 71.1 Å². The van der Waals surface area contributed by atoms with Crippen LogP contribution in [0.25, 0.3) is 21.9 Å². The normalized spacial score (nSPS) is 11.6. The monoisotopic (exact) mass is 863 g/mol. The third-order valence-electron chi connectivity index (χ3n) is 11.7. The van der Waals surface area contributed by atoms with Gasteiger partial charge in [-0.3, -0.25) is 0 Å². The maximum Gasteiger partial charge on any atom is 0.174 e. The Morgan fingerprint density at radius 2 is 0.750 bits per heavy atom. The molecule has 0 atom stereocenters. The summed E-state index contributed by atoms with van der Waals surface area (Å²) in [5.74, 6) is 0.849. The standard InChI is InChI=1S/C58H43NO3P2/c60-63(49-25-8-2-9-26-49,50-27-10-3-11-28-50)57-36-19-18-35-55(57)62-56-42-39-46(43-58(56)64(61,51-29-12-4-13-30-51)52-31-14-5-15-32-52)44-37-40-48(41-38-44)59(47-23-6-1-7-24-47)54-34-20-22-45-21-16-17-33-53(45)54/h1-43H. The quantitative estimate of drug-likeness (QED) is 0.115. The van der Waals surface area contributed by atoms with Crippen LogP contribution in [0, 0.1) is 0 Å². The van der Waals surface area contributed by atoms with Crippen LogP contribution in [-0.4, -0.2) is 0 Å². The molecule has 308 valence electrons. The lowest BCUT2D eigenvalue weighted by Gasteiger charge is -2.27. The maximum absolute atomic E-state index is 16.4. The molecule has 0 aromatic heterocycles. The van der Waals surface area contributed by atoms with Crippen molar-refractivity contribution in [1.82, 2.24) is 0 Å². The minimum atomic E-state index is -3.60. The predicted octanol–water partition coefficient (Wildman–Crippen LogP) is 13.0. The van der Waals surface area contributed by atoms with E-state index >= 15 is 9.13 Å². The molecule has 0 aliphatic heterocycles. The van der Waals surface area contributed by atoms with Gasteiger partial charge >= 0.3 is 0 Å². The zero-order valence-electron chi connectivity index (χ0n) is 34.9. The number of rotatable bonds is 12. The number of ether oxygens (including phenoxy) is 1. The highest BCUT2D eigenvalue weighted by molar-refractivity contribution is 7.86. The molecule has 0 spiro atoms. The predicted molar refractivity (Wildman–Crippen MR) is 269 cm³/mol. The zero-order chi connectivity index (χ0) is 43.4. The average Bonchev–Trinajstić information content (AvgIpc) is 3.38. The van der Waals surface area contributed by atoms with E-state index in [9.17, 15) is 0 Å².